The molecule has 0 radical (unpaired) electrons. The first kappa shape index (κ1) is 34.2. The number of aliphatic carboxylic acids is 1. The first-order valence-corrected chi connectivity index (χ1v) is 14.9. The second-order valence-electron chi connectivity index (χ2n) is 10.4. The molecule has 3 atom stereocenters. The highest BCUT2D eigenvalue weighted by molar-refractivity contribution is 6.04. The molecule has 0 aliphatic heterocycles. The van der Waals surface area contributed by atoms with Gasteiger partial charge >= 0.3 is 12.1 Å². The van der Waals surface area contributed by atoms with Crippen LogP contribution in [0.1, 0.15) is 54.1 Å². The number of ether oxygens (including phenoxy) is 1. The monoisotopic (exact) mass is 613 g/mol. The van der Waals surface area contributed by atoms with E-state index in [0.717, 1.165) is 17.5 Å². The maximum Gasteiger partial charge on any atom is 0.408 e. The van der Waals surface area contributed by atoms with Crippen LogP contribution in [0.15, 0.2) is 103 Å². The molecule has 0 heterocycles. The van der Waals surface area contributed by atoms with Gasteiger partial charge in [0.05, 0.1) is 0 Å². The van der Waals surface area contributed by atoms with Gasteiger partial charge in [-0.05, 0) is 30.0 Å². The van der Waals surface area contributed by atoms with Crippen molar-refractivity contribution in [2.24, 2.45) is 0 Å². The van der Waals surface area contributed by atoms with Crippen LogP contribution in [-0.2, 0) is 32.1 Å². The van der Waals surface area contributed by atoms with Crippen LogP contribution in [0.5, 0.6) is 0 Å². The summed E-state index contributed by atoms with van der Waals surface area (Å²) < 4.78 is 5.23. The fourth-order valence-corrected chi connectivity index (χ4v) is 4.49. The SMILES string of the molecule is CCC[C@@H](/C=C/C(=O)c1ccccc1)NC(=O)[C@H](Cc1ccccc1)NC(=O)[C@H](CCC(=O)O)NC(=O)OCc1ccccc1. The van der Waals surface area contributed by atoms with E-state index in [1.807, 2.05) is 49.4 Å². The molecular weight excluding hydrogens is 574 g/mol. The minimum Gasteiger partial charge on any atom is -0.481 e. The predicted octanol–water partition coefficient (Wildman–Crippen LogP) is 4.60. The molecule has 45 heavy (non-hydrogen) atoms. The fourth-order valence-electron chi connectivity index (χ4n) is 4.49. The average Bonchev–Trinajstić information content (AvgIpc) is 3.05. The molecule has 3 amide bonds. The van der Waals surface area contributed by atoms with E-state index in [9.17, 15) is 29.1 Å². The summed E-state index contributed by atoms with van der Waals surface area (Å²) in [6.45, 7) is 1.91. The summed E-state index contributed by atoms with van der Waals surface area (Å²) in [5.41, 5.74) is 2.03. The Kier molecular flexibility index (Phi) is 14.0. The Balaban J connectivity index is 1.74. The van der Waals surface area contributed by atoms with Crippen LogP contribution in [0.2, 0.25) is 0 Å². The molecule has 0 bridgehead atoms. The number of carboxylic acid groups (broad SMARTS) is 1. The molecule has 0 saturated carbocycles. The van der Waals surface area contributed by atoms with Crippen molar-refractivity contribution in [3.8, 4) is 0 Å². The standard InChI is InChI=1S/C35H39N3O7/c1-2-12-28(19-21-31(39)27-17-10-5-11-18-27)36-34(43)30(23-25-13-6-3-7-14-25)37-33(42)29(20-22-32(40)41)38-35(44)45-24-26-15-8-4-9-16-26/h3-11,13-19,21,28-30H,2,12,20,22-24H2,1H3,(H,36,43)(H,37,42)(H,38,44)(H,40,41)/b21-19+/t28-,29-,30-/m0/s1. The molecule has 0 spiro atoms. The molecular formula is C35H39N3O7. The highest BCUT2D eigenvalue weighted by Gasteiger charge is 2.28. The van der Waals surface area contributed by atoms with Crippen molar-refractivity contribution in [2.45, 2.75) is 63.8 Å². The van der Waals surface area contributed by atoms with Gasteiger partial charge in [0.2, 0.25) is 11.8 Å². The molecule has 0 aliphatic rings. The van der Waals surface area contributed by atoms with E-state index < -0.39 is 48.4 Å². The summed E-state index contributed by atoms with van der Waals surface area (Å²) in [5.74, 6) is -2.58. The molecule has 3 rings (SSSR count). The Hall–Kier alpha value is -5.25. The second-order valence-corrected chi connectivity index (χ2v) is 10.4. The highest BCUT2D eigenvalue weighted by atomic mass is 16.5. The second kappa shape index (κ2) is 18.4. The smallest absolute Gasteiger partial charge is 0.408 e. The van der Waals surface area contributed by atoms with Gasteiger partial charge in [-0.25, -0.2) is 4.79 Å². The molecule has 236 valence electrons. The van der Waals surface area contributed by atoms with Gasteiger partial charge in [0, 0.05) is 24.4 Å². The number of carbonyl (C=O) groups is 5. The third-order valence-corrected chi connectivity index (χ3v) is 6.85. The highest BCUT2D eigenvalue weighted by Crippen LogP contribution is 2.09. The van der Waals surface area contributed by atoms with Crippen LogP contribution in [0.3, 0.4) is 0 Å². The van der Waals surface area contributed by atoms with Gasteiger partial charge in [-0.3, -0.25) is 19.2 Å². The number of hydrogen-bond acceptors (Lipinski definition) is 6. The van der Waals surface area contributed by atoms with Crippen molar-refractivity contribution in [3.05, 3.63) is 120 Å². The van der Waals surface area contributed by atoms with Crippen molar-refractivity contribution in [3.63, 3.8) is 0 Å². The van der Waals surface area contributed by atoms with Crippen LogP contribution in [-0.4, -0.2) is 52.9 Å². The summed E-state index contributed by atoms with van der Waals surface area (Å²) in [6.07, 6.45) is 2.95. The van der Waals surface area contributed by atoms with E-state index in [4.69, 9.17) is 4.74 Å². The van der Waals surface area contributed by atoms with Crippen LogP contribution in [0.4, 0.5) is 4.79 Å². The van der Waals surface area contributed by atoms with Gasteiger partial charge in [0.1, 0.15) is 18.7 Å². The minimum atomic E-state index is -1.27. The van der Waals surface area contributed by atoms with Gasteiger partial charge in [-0.1, -0.05) is 110 Å². The molecule has 10 heteroatoms. The average molecular weight is 614 g/mol. The maximum absolute atomic E-state index is 13.6. The summed E-state index contributed by atoms with van der Waals surface area (Å²) in [7, 11) is 0. The van der Waals surface area contributed by atoms with E-state index in [0.29, 0.717) is 12.0 Å². The number of nitrogens with one attached hydrogen (secondary N) is 3. The number of ketones is 1. The Morgan fingerprint density at radius 2 is 1.31 bits per heavy atom. The van der Waals surface area contributed by atoms with E-state index in [2.05, 4.69) is 16.0 Å². The summed E-state index contributed by atoms with van der Waals surface area (Å²) >= 11 is 0. The first-order valence-electron chi connectivity index (χ1n) is 14.9. The van der Waals surface area contributed by atoms with Gasteiger partial charge in [0.25, 0.3) is 0 Å². The quantitative estimate of drug-likeness (QED) is 0.128. The van der Waals surface area contributed by atoms with Crippen LogP contribution < -0.4 is 16.0 Å². The zero-order chi connectivity index (χ0) is 32.4. The van der Waals surface area contributed by atoms with Gasteiger partial charge in [0.15, 0.2) is 5.78 Å². The van der Waals surface area contributed by atoms with Crippen LogP contribution >= 0.6 is 0 Å². The van der Waals surface area contributed by atoms with Crippen molar-refractivity contribution < 1.29 is 33.8 Å². The lowest BCUT2D eigenvalue weighted by atomic mass is 10.0. The normalized spacial score (nSPS) is 12.8. The minimum absolute atomic E-state index is 0.0436. The Morgan fingerprint density at radius 3 is 1.91 bits per heavy atom. The zero-order valence-electron chi connectivity index (χ0n) is 25.2. The van der Waals surface area contributed by atoms with Gasteiger partial charge in [-0.2, -0.15) is 0 Å². The molecule has 4 N–H and O–H groups in total. The lowest BCUT2D eigenvalue weighted by Gasteiger charge is -2.24. The summed E-state index contributed by atoms with van der Waals surface area (Å²) in [5, 5.41) is 17.3. The van der Waals surface area contributed by atoms with Crippen molar-refractivity contribution in [1.82, 2.24) is 16.0 Å². The van der Waals surface area contributed by atoms with Crippen LogP contribution in [0.25, 0.3) is 0 Å². The van der Waals surface area contributed by atoms with E-state index in [-0.39, 0.29) is 25.2 Å². The Morgan fingerprint density at radius 1 is 0.733 bits per heavy atom. The first-order chi connectivity index (χ1) is 21.7. The largest absolute Gasteiger partial charge is 0.481 e. The summed E-state index contributed by atoms with van der Waals surface area (Å²) in [4.78, 5) is 63.5. The number of hydrogen-bond donors (Lipinski definition) is 4. The Bertz CT molecular complexity index is 1430. The van der Waals surface area contributed by atoms with Crippen LogP contribution in [0, 0.1) is 0 Å². The molecule has 10 nitrogen and oxygen atoms in total. The number of carbonyl (C=O) groups excluding carboxylic acids is 4. The van der Waals surface area contributed by atoms with Crippen molar-refractivity contribution in [2.75, 3.05) is 0 Å². The van der Waals surface area contributed by atoms with Gasteiger partial charge in [-0.15, -0.1) is 0 Å². The molecule has 3 aromatic rings. The van der Waals surface area contributed by atoms with Crippen molar-refractivity contribution in [1.29, 1.82) is 0 Å². The molecule has 0 aliphatic carbocycles. The number of benzene rings is 3. The topological polar surface area (TPSA) is 151 Å². The molecule has 0 unspecified atom stereocenters. The van der Waals surface area contributed by atoms with E-state index in [1.54, 1.807) is 54.6 Å². The van der Waals surface area contributed by atoms with Gasteiger partial charge < -0.3 is 25.8 Å². The third-order valence-electron chi connectivity index (χ3n) is 6.85. The predicted molar refractivity (Wildman–Crippen MR) is 169 cm³/mol. The fraction of sp³-hybridized carbons (Fsp3) is 0.286. The Labute approximate surface area is 262 Å². The number of alkyl carbamates (subject to hydrolysis) is 1. The third kappa shape index (κ3) is 12.5. The number of carboxylic acids is 1. The maximum atomic E-state index is 13.6. The lowest BCUT2D eigenvalue weighted by molar-refractivity contribution is -0.137. The zero-order valence-corrected chi connectivity index (χ0v) is 25.2. The molecule has 0 saturated heterocycles. The summed E-state index contributed by atoms with van der Waals surface area (Å²) in [6, 6.07) is 24.0. The number of allylic oxidation sites excluding steroid dienone is 1. The van der Waals surface area contributed by atoms with Crippen molar-refractivity contribution >= 4 is 29.7 Å². The molecule has 0 aromatic heterocycles. The van der Waals surface area contributed by atoms with E-state index in [1.165, 1.54) is 6.08 Å². The lowest BCUT2D eigenvalue weighted by Crippen LogP contribution is -2.55. The molecule has 0 fully saturated rings. The number of rotatable bonds is 17. The van der Waals surface area contributed by atoms with E-state index >= 15 is 0 Å². The number of amides is 3. The molecule has 3 aromatic carbocycles.